The highest BCUT2D eigenvalue weighted by Crippen LogP contribution is 2.29. The number of halogens is 1. The molecule has 0 saturated carbocycles. The van der Waals surface area contributed by atoms with E-state index in [1.54, 1.807) is 0 Å². The Labute approximate surface area is 126 Å². The Morgan fingerprint density at radius 1 is 1.25 bits per heavy atom. The van der Waals surface area contributed by atoms with Gasteiger partial charge in [-0.15, -0.1) is 0 Å². The number of rotatable bonds is 6. The average molecular weight is 292 g/mol. The molecule has 0 fully saturated rings. The lowest BCUT2D eigenvalue weighted by atomic mass is 10.0. The van der Waals surface area contributed by atoms with Crippen molar-refractivity contribution in [2.75, 3.05) is 6.54 Å². The summed E-state index contributed by atoms with van der Waals surface area (Å²) in [6.07, 6.45) is 3.04. The van der Waals surface area contributed by atoms with Crippen molar-refractivity contribution in [1.82, 2.24) is 15.1 Å². The number of hydrogen-bond donors (Lipinski definition) is 1. The van der Waals surface area contributed by atoms with Crippen molar-refractivity contribution in [3.63, 3.8) is 0 Å². The first-order chi connectivity index (χ1) is 9.67. The van der Waals surface area contributed by atoms with Crippen molar-refractivity contribution in [2.24, 2.45) is 0 Å². The third kappa shape index (κ3) is 3.22. The minimum Gasteiger partial charge on any atom is -0.313 e. The van der Waals surface area contributed by atoms with Crippen LogP contribution in [0, 0.1) is 6.92 Å². The predicted molar refractivity (Wildman–Crippen MR) is 85.1 cm³/mol. The second-order valence-corrected chi connectivity index (χ2v) is 5.39. The van der Waals surface area contributed by atoms with Gasteiger partial charge in [-0.25, -0.2) is 0 Å². The first-order valence-corrected chi connectivity index (χ1v) is 7.57. The Morgan fingerprint density at radius 2 is 2.05 bits per heavy atom. The van der Waals surface area contributed by atoms with Gasteiger partial charge in [0.2, 0.25) is 0 Å². The first-order valence-electron chi connectivity index (χ1n) is 7.19. The molecule has 0 bridgehead atoms. The number of benzene rings is 1. The standard InChI is InChI=1S/C16H22ClN3/c1-4-8-20-12(3)16(11-19-20)15-9-14(17)7-6-13(15)10-18-5-2/h6-7,9,11,18H,4-5,8,10H2,1-3H3. The Balaban J connectivity index is 2.42. The molecular weight excluding hydrogens is 270 g/mol. The molecule has 0 spiro atoms. The molecule has 1 N–H and O–H groups in total. The summed E-state index contributed by atoms with van der Waals surface area (Å²) in [5.74, 6) is 0. The molecule has 1 heterocycles. The molecule has 0 aliphatic rings. The van der Waals surface area contributed by atoms with E-state index in [1.807, 2.05) is 18.3 Å². The second kappa shape index (κ2) is 6.91. The average Bonchev–Trinajstić information content (AvgIpc) is 2.79. The Hall–Kier alpha value is -1.32. The number of aryl methyl sites for hydroxylation is 1. The first kappa shape index (κ1) is 15.1. The van der Waals surface area contributed by atoms with E-state index in [0.29, 0.717) is 0 Å². The minimum atomic E-state index is 0.767. The number of hydrogen-bond acceptors (Lipinski definition) is 2. The highest BCUT2D eigenvalue weighted by molar-refractivity contribution is 6.30. The number of nitrogens with zero attached hydrogens (tertiary/aromatic N) is 2. The van der Waals surface area contributed by atoms with Gasteiger partial charge in [0.1, 0.15) is 0 Å². The maximum Gasteiger partial charge on any atom is 0.0571 e. The van der Waals surface area contributed by atoms with Crippen LogP contribution in [0.3, 0.4) is 0 Å². The Morgan fingerprint density at radius 3 is 2.75 bits per heavy atom. The topological polar surface area (TPSA) is 29.9 Å². The SMILES string of the molecule is CCCn1ncc(-c2cc(Cl)ccc2CNCC)c1C. The van der Waals surface area contributed by atoms with Gasteiger partial charge in [-0.05, 0) is 43.1 Å². The largest absolute Gasteiger partial charge is 0.313 e. The van der Waals surface area contributed by atoms with Gasteiger partial charge in [-0.3, -0.25) is 4.68 Å². The van der Waals surface area contributed by atoms with Crippen LogP contribution in [0.25, 0.3) is 11.1 Å². The third-order valence-corrected chi connectivity index (χ3v) is 3.70. The van der Waals surface area contributed by atoms with Gasteiger partial charge in [0.15, 0.2) is 0 Å². The molecule has 3 nitrogen and oxygen atoms in total. The molecule has 1 aromatic carbocycles. The summed E-state index contributed by atoms with van der Waals surface area (Å²) in [6.45, 7) is 9.15. The Bertz CT molecular complexity index is 575. The number of aromatic nitrogens is 2. The second-order valence-electron chi connectivity index (χ2n) is 4.95. The number of nitrogens with one attached hydrogen (secondary N) is 1. The molecule has 0 aliphatic carbocycles. The third-order valence-electron chi connectivity index (χ3n) is 3.47. The van der Waals surface area contributed by atoms with E-state index >= 15 is 0 Å². The van der Waals surface area contributed by atoms with Gasteiger partial charge in [-0.1, -0.05) is 31.5 Å². The maximum absolute atomic E-state index is 6.17. The van der Waals surface area contributed by atoms with Crippen LogP contribution in [0.5, 0.6) is 0 Å². The summed E-state index contributed by atoms with van der Waals surface area (Å²) < 4.78 is 2.06. The molecule has 2 aromatic rings. The molecule has 1 aromatic heterocycles. The van der Waals surface area contributed by atoms with E-state index in [-0.39, 0.29) is 0 Å². The molecule has 0 aliphatic heterocycles. The highest BCUT2D eigenvalue weighted by atomic mass is 35.5. The summed E-state index contributed by atoms with van der Waals surface area (Å²) in [4.78, 5) is 0. The van der Waals surface area contributed by atoms with Crippen molar-refractivity contribution in [3.05, 3.63) is 40.7 Å². The molecule has 0 atom stereocenters. The fourth-order valence-electron chi connectivity index (χ4n) is 2.36. The smallest absolute Gasteiger partial charge is 0.0571 e. The lowest BCUT2D eigenvalue weighted by molar-refractivity contribution is 0.587. The summed E-state index contributed by atoms with van der Waals surface area (Å²) in [5, 5.41) is 8.63. The van der Waals surface area contributed by atoms with Gasteiger partial charge in [-0.2, -0.15) is 5.10 Å². The minimum absolute atomic E-state index is 0.767. The van der Waals surface area contributed by atoms with Gasteiger partial charge >= 0.3 is 0 Å². The van der Waals surface area contributed by atoms with E-state index in [2.05, 4.69) is 41.9 Å². The highest BCUT2D eigenvalue weighted by Gasteiger charge is 2.12. The summed E-state index contributed by atoms with van der Waals surface area (Å²) >= 11 is 6.17. The van der Waals surface area contributed by atoms with Gasteiger partial charge in [0.25, 0.3) is 0 Å². The van der Waals surface area contributed by atoms with Crippen LogP contribution >= 0.6 is 11.6 Å². The van der Waals surface area contributed by atoms with Crippen molar-refractivity contribution < 1.29 is 0 Å². The maximum atomic E-state index is 6.17. The van der Waals surface area contributed by atoms with Crippen LogP contribution in [-0.4, -0.2) is 16.3 Å². The lowest BCUT2D eigenvalue weighted by Gasteiger charge is -2.11. The normalized spacial score (nSPS) is 11.0. The van der Waals surface area contributed by atoms with E-state index < -0.39 is 0 Å². The van der Waals surface area contributed by atoms with E-state index in [4.69, 9.17) is 11.6 Å². The van der Waals surface area contributed by atoms with Crippen molar-refractivity contribution >= 4 is 11.6 Å². The Kier molecular flexibility index (Phi) is 5.21. The van der Waals surface area contributed by atoms with Crippen LogP contribution in [0.4, 0.5) is 0 Å². The van der Waals surface area contributed by atoms with Crippen molar-refractivity contribution in [1.29, 1.82) is 0 Å². The van der Waals surface area contributed by atoms with Crippen LogP contribution in [-0.2, 0) is 13.1 Å². The summed E-state index contributed by atoms with van der Waals surface area (Å²) in [6, 6.07) is 6.08. The van der Waals surface area contributed by atoms with E-state index in [0.717, 1.165) is 31.1 Å². The summed E-state index contributed by atoms with van der Waals surface area (Å²) in [5.41, 5.74) is 4.81. The molecule has 0 radical (unpaired) electrons. The molecular formula is C16H22ClN3. The van der Waals surface area contributed by atoms with Crippen LogP contribution < -0.4 is 5.32 Å². The lowest BCUT2D eigenvalue weighted by Crippen LogP contribution is -2.12. The van der Waals surface area contributed by atoms with E-state index in [1.165, 1.54) is 22.4 Å². The zero-order valence-electron chi connectivity index (χ0n) is 12.4. The molecule has 0 unspecified atom stereocenters. The molecule has 4 heteroatoms. The monoisotopic (exact) mass is 291 g/mol. The molecule has 2 rings (SSSR count). The quantitative estimate of drug-likeness (QED) is 0.871. The van der Waals surface area contributed by atoms with Crippen molar-refractivity contribution in [3.8, 4) is 11.1 Å². The van der Waals surface area contributed by atoms with Crippen LogP contribution in [0.1, 0.15) is 31.5 Å². The fraction of sp³-hybridized carbons (Fsp3) is 0.438. The molecule has 0 saturated heterocycles. The zero-order valence-corrected chi connectivity index (χ0v) is 13.2. The van der Waals surface area contributed by atoms with Crippen LogP contribution in [0.2, 0.25) is 5.02 Å². The van der Waals surface area contributed by atoms with Gasteiger partial charge in [0.05, 0.1) is 6.20 Å². The van der Waals surface area contributed by atoms with Crippen LogP contribution in [0.15, 0.2) is 24.4 Å². The van der Waals surface area contributed by atoms with E-state index in [9.17, 15) is 0 Å². The molecule has 20 heavy (non-hydrogen) atoms. The molecule has 0 amide bonds. The van der Waals surface area contributed by atoms with Crippen molar-refractivity contribution in [2.45, 2.75) is 40.3 Å². The molecule has 108 valence electrons. The summed E-state index contributed by atoms with van der Waals surface area (Å²) in [7, 11) is 0. The zero-order chi connectivity index (χ0) is 14.5. The van der Waals surface area contributed by atoms with Gasteiger partial charge < -0.3 is 5.32 Å². The predicted octanol–water partition coefficient (Wildman–Crippen LogP) is 4.03. The van der Waals surface area contributed by atoms with Gasteiger partial charge in [0, 0.05) is 29.4 Å². The fourth-order valence-corrected chi connectivity index (χ4v) is 2.53.